The van der Waals surface area contributed by atoms with E-state index in [1.54, 1.807) is 4.90 Å². The summed E-state index contributed by atoms with van der Waals surface area (Å²) in [5.74, 6) is 0.215. The second-order valence-electron chi connectivity index (χ2n) is 4.43. The highest BCUT2D eigenvalue weighted by Crippen LogP contribution is 2.01. The zero-order valence-corrected chi connectivity index (χ0v) is 11.2. The van der Waals surface area contributed by atoms with E-state index in [2.05, 4.69) is 25.7 Å². The van der Waals surface area contributed by atoms with Crippen LogP contribution in [0.2, 0.25) is 0 Å². The van der Waals surface area contributed by atoms with E-state index in [-0.39, 0.29) is 5.91 Å². The third kappa shape index (κ3) is 6.08. The molecule has 0 fully saturated rings. The lowest BCUT2D eigenvalue weighted by Crippen LogP contribution is -2.36. The average Bonchev–Trinajstić information content (AvgIpc) is 2.25. The number of nitrogens with zero attached hydrogens (tertiary/aromatic N) is 2. The van der Waals surface area contributed by atoms with Crippen LogP contribution in [0.5, 0.6) is 0 Å². The minimum Gasteiger partial charge on any atom is -0.346 e. The Balaban J connectivity index is 3.86. The summed E-state index contributed by atoms with van der Waals surface area (Å²) in [5.41, 5.74) is 5.41. The van der Waals surface area contributed by atoms with Gasteiger partial charge in [0, 0.05) is 32.6 Å². The number of rotatable bonds is 8. The van der Waals surface area contributed by atoms with Crippen molar-refractivity contribution in [3.05, 3.63) is 0 Å². The van der Waals surface area contributed by atoms with Crippen LogP contribution >= 0.6 is 0 Å². The van der Waals surface area contributed by atoms with E-state index < -0.39 is 0 Å². The van der Waals surface area contributed by atoms with Gasteiger partial charge in [-0.2, -0.15) is 0 Å². The van der Waals surface area contributed by atoms with E-state index >= 15 is 0 Å². The van der Waals surface area contributed by atoms with Gasteiger partial charge in [-0.05, 0) is 33.4 Å². The fourth-order valence-electron chi connectivity index (χ4n) is 1.66. The van der Waals surface area contributed by atoms with Crippen molar-refractivity contribution in [3.63, 3.8) is 0 Å². The Morgan fingerprint density at radius 2 is 1.94 bits per heavy atom. The highest BCUT2D eigenvalue weighted by molar-refractivity contribution is 5.76. The number of carbonyl (C=O) groups excluding carboxylic acids is 1. The third-order valence-corrected chi connectivity index (χ3v) is 2.87. The molecule has 96 valence electrons. The molecule has 4 heteroatoms. The Morgan fingerprint density at radius 1 is 1.31 bits per heavy atom. The molecule has 0 aliphatic carbocycles. The van der Waals surface area contributed by atoms with Gasteiger partial charge in [-0.15, -0.1) is 0 Å². The van der Waals surface area contributed by atoms with Crippen LogP contribution in [0.1, 0.15) is 33.6 Å². The second kappa shape index (κ2) is 8.53. The van der Waals surface area contributed by atoms with Crippen LogP contribution in [-0.4, -0.2) is 55.0 Å². The maximum atomic E-state index is 11.8. The van der Waals surface area contributed by atoms with Gasteiger partial charge in [0.15, 0.2) is 0 Å². The van der Waals surface area contributed by atoms with E-state index in [0.29, 0.717) is 19.0 Å². The monoisotopic (exact) mass is 229 g/mol. The number of hydrogen-bond acceptors (Lipinski definition) is 3. The van der Waals surface area contributed by atoms with Crippen molar-refractivity contribution in [2.24, 2.45) is 5.73 Å². The van der Waals surface area contributed by atoms with Crippen molar-refractivity contribution in [2.75, 3.05) is 33.2 Å². The first-order valence-corrected chi connectivity index (χ1v) is 6.21. The summed E-state index contributed by atoms with van der Waals surface area (Å²) in [6, 6.07) is 0.507. The minimum absolute atomic E-state index is 0.215. The summed E-state index contributed by atoms with van der Waals surface area (Å²) in [4.78, 5) is 15.8. The summed E-state index contributed by atoms with van der Waals surface area (Å²) >= 11 is 0. The second-order valence-corrected chi connectivity index (χ2v) is 4.43. The fourth-order valence-corrected chi connectivity index (χ4v) is 1.66. The minimum atomic E-state index is 0.215. The molecule has 0 aromatic rings. The molecule has 0 aliphatic rings. The Morgan fingerprint density at radius 3 is 2.38 bits per heavy atom. The lowest BCUT2D eigenvalue weighted by molar-refractivity contribution is -0.130. The molecule has 0 bridgehead atoms. The van der Waals surface area contributed by atoms with Crippen molar-refractivity contribution in [3.8, 4) is 0 Å². The maximum absolute atomic E-state index is 11.8. The van der Waals surface area contributed by atoms with Crippen molar-refractivity contribution in [2.45, 2.75) is 39.7 Å². The first-order valence-electron chi connectivity index (χ1n) is 6.21. The van der Waals surface area contributed by atoms with Crippen LogP contribution in [-0.2, 0) is 4.79 Å². The number of hydrogen-bond donors (Lipinski definition) is 1. The molecule has 0 unspecified atom stereocenters. The standard InChI is InChI=1S/C12H27N3O/c1-5-15(11(2)3)10-7-12(16)14(4)9-6-8-13/h11H,5-10,13H2,1-4H3. The normalized spacial score (nSPS) is 11.2. The largest absolute Gasteiger partial charge is 0.346 e. The maximum Gasteiger partial charge on any atom is 0.223 e. The van der Waals surface area contributed by atoms with Crippen LogP contribution in [0, 0.1) is 0 Å². The molecule has 0 spiro atoms. The molecule has 0 aliphatic heterocycles. The molecule has 0 radical (unpaired) electrons. The van der Waals surface area contributed by atoms with Gasteiger partial charge in [-0.3, -0.25) is 4.79 Å². The van der Waals surface area contributed by atoms with E-state index in [1.165, 1.54) is 0 Å². The van der Waals surface area contributed by atoms with Gasteiger partial charge in [0.1, 0.15) is 0 Å². The van der Waals surface area contributed by atoms with Crippen molar-refractivity contribution < 1.29 is 4.79 Å². The van der Waals surface area contributed by atoms with Crippen molar-refractivity contribution in [1.29, 1.82) is 0 Å². The van der Waals surface area contributed by atoms with Gasteiger partial charge in [-0.1, -0.05) is 6.92 Å². The van der Waals surface area contributed by atoms with Gasteiger partial charge in [0.05, 0.1) is 0 Å². The van der Waals surface area contributed by atoms with Gasteiger partial charge in [-0.25, -0.2) is 0 Å². The van der Waals surface area contributed by atoms with Crippen LogP contribution in [0.25, 0.3) is 0 Å². The Bertz CT molecular complexity index is 195. The molecule has 0 saturated carbocycles. The van der Waals surface area contributed by atoms with Gasteiger partial charge >= 0.3 is 0 Å². The van der Waals surface area contributed by atoms with E-state index in [4.69, 9.17) is 5.73 Å². The molecule has 4 nitrogen and oxygen atoms in total. The molecule has 1 amide bonds. The van der Waals surface area contributed by atoms with Crippen LogP contribution < -0.4 is 5.73 Å². The lowest BCUT2D eigenvalue weighted by Gasteiger charge is -2.25. The van der Waals surface area contributed by atoms with Gasteiger partial charge in [0.25, 0.3) is 0 Å². The number of amides is 1. The molecule has 2 N–H and O–H groups in total. The Hall–Kier alpha value is -0.610. The SMILES string of the molecule is CCN(CCC(=O)N(C)CCCN)C(C)C. The zero-order valence-electron chi connectivity index (χ0n) is 11.2. The summed E-state index contributed by atoms with van der Waals surface area (Å²) in [6.45, 7) is 9.70. The summed E-state index contributed by atoms with van der Waals surface area (Å²) in [7, 11) is 1.85. The third-order valence-electron chi connectivity index (χ3n) is 2.87. The first kappa shape index (κ1) is 15.4. The molecule has 0 aromatic carbocycles. The number of nitrogens with two attached hydrogens (primary N) is 1. The predicted octanol–water partition coefficient (Wildman–Crippen LogP) is 0.914. The lowest BCUT2D eigenvalue weighted by atomic mass is 10.2. The molecule has 0 atom stereocenters. The number of carbonyl (C=O) groups is 1. The molecule has 0 heterocycles. The summed E-state index contributed by atoms with van der Waals surface area (Å²) in [5, 5.41) is 0. The molecule has 0 saturated heterocycles. The first-order chi connectivity index (χ1) is 7.52. The quantitative estimate of drug-likeness (QED) is 0.673. The Labute approximate surface area is 99.8 Å². The molecular weight excluding hydrogens is 202 g/mol. The van der Waals surface area contributed by atoms with Crippen LogP contribution in [0.15, 0.2) is 0 Å². The predicted molar refractivity (Wildman–Crippen MR) is 68.3 cm³/mol. The van der Waals surface area contributed by atoms with Crippen LogP contribution in [0.4, 0.5) is 0 Å². The van der Waals surface area contributed by atoms with E-state index in [9.17, 15) is 4.79 Å². The summed E-state index contributed by atoms with van der Waals surface area (Å²) in [6.07, 6.45) is 1.48. The molecular formula is C12H27N3O. The molecule has 0 rings (SSSR count). The van der Waals surface area contributed by atoms with Crippen molar-refractivity contribution >= 4 is 5.91 Å². The topological polar surface area (TPSA) is 49.6 Å². The van der Waals surface area contributed by atoms with Gasteiger partial charge in [0.2, 0.25) is 5.91 Å². The zero-order chi connectivity index (χ0) is 12.6. The summed E-state index contributed by atoms with van der Waals surface area (Å²) < 4.78 is 0. The smallest absolute Gasteiger partial charge is 0.223 e. The highest BCUT2D eigenvalue weighted by Gasteiger charge is 2.12. The molecule has 0 aromatic heterocycles. The Kier molecular flexibility index (Phi) is 8.21. The van der Waals surface area contributed by atoms with Crippen LogP contribution in [0.3, 0.4) is 0 Å². The average molecular weight is 229 g/mol. The van der Waals surface area contributed by atoms with Crippen molar-refractivity contribution in [1.82, 2.24) is 9.80 Å². The van der Waals surface area contributed by atoms with Gasteiger partial charge < -0.3 is 15.5 Å². The van der Waals surface area contributed by atoms with E-state index in [1.807, 2.05) is 7.05 Å². The molecule has 16 heavy (non-hydrogen) atoms. The highest BCUT2D eigenvalue weighted by atomic mass is 16.2. The van der Waals surface area contributed by atoms with E-state index in [0.717, 1.165) is 26.1 Å². The fraction of sp³-hybridized carbons (Fsp3) is 0.917.